The fraction of sp³-hybridized carbons (Fsp3) is 0.308. The second-order valence-electron chi connectivity index (χ2n) is 8.45. The van der Waals surface area contributed by atoms with Crippen LogP contribution in [0.25, 0.3) is 11.1 Å². The molecule has 3 aromatic rings. The van der Waals surface area contributed by atoms with Gasteiger partial charge in [-0.15, -0.1) is 0 Å². The van der Waals surface area contributed by atoms with Gasteiger partial charge in [0.2, 0.25) is 0 Å². The Morgan fingerprint density at radius 2 is 1.74 bits per heavy atom. The summed E-state index contributed by atoms with van der Waals surface area (Å²) in [6.07, 6.45) is 5.78. The zero-order valence-corrected chi connectivity index (χ0v) is 18.3. The molecule has 4 rings (SSSR count). The molecule has 5 heteroatoms. The summed E-state index contributed by atoms with van der Waals surface area (Å²) in [6.45, 7) is 6.77. The van der Waals surface area contributed by atoms with E-state index in [0.717, 1.165) is 55.0 Å². The molecule has 0 radical (unpaired) electrons. The molecule has 2 aromatic carbocycles. The van der Waals surface area contributed by atoms with Crippen LogP contribution in [0.3, 0.4) is 0 Å². The summed E-state index contributed by atoms with van der Waals surface area (Å²) in [6, 6.07) is 15.8. The average Bonchev–Trinajstić information content (AvgIpc) is 2.79. The molecule has 0 unspecified atom stereocenters. The van der Waals surface area contributed by atoms with Gasteiger partial charge in [-0.1, -0.05) is 47.5 Å². The Balaban J connectivity index is 1.76. The van der Waals surface area contributed by atoms with Gasteiger partial charge in [0.15, 0.2) is 0 Å². The highest BCUT2D eigenvalue weighted by Crippen LogP contribution is 2.39. The fourth-order valence-electron chi connectivity index (χ4n) is 4.40. The molecule has 0 bridgehead atoms. The molecule has 0 saturated carbocycles. The van der Waals surface area contributed by atoms with Crippen LogP contribution in [0.2, 0.25) is 0 Å². The number of nitrogens with two attached hydrogens (primary N) is 1. The van der Waals surface area contributed by atoms with Gasteiger partial charge in [0.25, 0.3) is 5.91 Å². The molecule has 3 N–H and O–H groups in total. The van der Waals surface area contributed by atoms with E-state index >= 15 is 0 Å². The molecule has 1 aromatic heterocycles. The number of nitrogens with zero attached hydrogens (tertiary/aromatic N) is 2. The van der Waals surface area contributed by atoms with Crippen molar-refractivity contribution in [2.75, 3.05) is 29.9 Å². The number of amides is 1. The summed E-state index contributed by atoms with van der Waals surface area (Å²) >= 11 is 0. The third kappa shape index (κ3) is 4.78. The molecule has 0 spiro atoms. The van der Waals surface area contributed by atoms with Crippen LogP contribution in [0.15, 0.2) is 60.9 Å². The first-order chi connectivity index (χ1) is 15.0. The summed E-state index contributed by atoms with van der Waals surface area (Å²) in [7, 11) is 0. The largest absolute Gasteiger partial charge is 0.369 e. The van der Waals surface area contributed by atoms with Crippen LogP contribution in [-0.4, -0.2) is 30.5 Å². The van der Waals surface area contributed by atoms with Crippen molar-refractivity contribution in [3.05, 3.63) is 77.6 Å². The number of rotatable bonds is 5. The molecule has 1 fully saturated rings. The molecular weight excluding hydrogens is 384 g/mol. The highest BCUT2D eigenvalue weighted by molar-refractivity contribution is 6.07. The monoisotopic (exact) mass is 414 g/mol. The second kappa shape index (κ2) is 9.31. The maximum absolute atomic E-state index is 12.9. The van der Waals surface area contributed by atoms with Gasteiger partial charge >= 0.3 is 0 Å². The van der Waals surface area contributed by atoms with Crippen LogP contribution < -0.4 is 16.0 Å². The maximum Gasteiger partial charge on any atom is 0.255 e. The molecule has 31 heavy (non-hydrogen) atoms. The Morgan fingerprint density at radius 1 is 1.06 bits per heavy atom. The van der Waals surface area contributed by atoms with E-state index in [4.69, 9.17) is 5.73 Å². The van der Waals surface area contributed by atoms with E-state index < -0.39 is 0 Å². The van der Waals surface area contributed by atoms with Crippen LogP contribution in [0.1, 0.15) is 34.3 Å². The minimum Gasteiger partial charge on any atom is -0.369 e. The van der Waals surface area contributed by atoms with E-state index in [0.29, 0.717) is 11.5 Å². The minimum absolute atomic E-state index is 0.127. The number of anilines is 2. The smallest absolute Gasteiger partial charge is 0.255 e. The Kier molecular flexibility index (Phi) is 6.33. The van der Waals surface area contributed by atoms with Crippen LogP contribution in [0.5, 0.6) is 0 Å². The van der Waals surface area contributed by atoms with E-state index in [9.17, 15) is 4.79 Å². The van der Waals surface area contributed by atoms with Gasteiger partial charge in [-0.3, -0.25) is 9.78 Å². The van der Waals surface area contributed by atoms with Gasteiger partial charge in [0.1, 0.15) is 0 Å². The van der Waals surface area contributed by atoms with Crippen molar-refractivity contribution >= 4 is 17.3 Å². The summed E-state index contributed by atoms with van der Waals surface area (Å²) in [5, 5.41) is 3.12. The van der Waals surface area contributed by atoms with Crippen LogP contribution >= 0.6 is 0 Å². The molecule has 2 heterocycles. The third-order valence-electron chi connectivity index (χ3n) is 6.00. The van der Waals surface area contributed by atoms with Gasteiger partial charge in [0.05, 0.1) is 17.6 Å². The summed E-state index contributed by atoms with van der Waals surface area (Å²) < 4.78 is 0. The SMILES string of the molecule is Cc1cc(C)cc(-c2cncc(NC(=O)c3ccccc3)c2N2CCC(CN)CC2)c1. The van der Waals surface area contributed by atoms with Crippen molar-refractivity contribution in [2.45, 2.75) is 26.7 Å². The number of carbonyl (C=O) groups is 1. The Morgan fingerprint density at radius 3 is 2.39 bits per heavy atom. The molecular formula is C26H30N4O. The number of hydrogen-bond donors (Lipinski definition) is 2. The first-order valence-electron chi connectivity index (χ1n) is 10.9. The highest BCUT2D eigenvalue weighted by Gasteiger charge is 2.24. The lowest BCUT2D eigenvalue weighted by Gasteiger charge is -2.35. The molecule has 1 amide bonds. The molecule has 160 valence electrons. The summed E-state index contributed by atoms with van der Waals surface area (Å²) in [4.78, 5) is 19.8. The normalized spacial score (nSPS) is 14.5. The molecule has 1 saturated heterocycles. The van der Waals surface area contributed by atoms with E-state index in [2.05, 4.69) is 47.2 Å². The Hall–Kier alpha value is -3.18. The topological polar surface area (TPSA) is 71.2 Å². The number of aromatic nitrogens is 1. The van der Waals surface area contributed by atoms with E-state index in [-0.39, 0.29) is 5.91 Å². The number of aryl methyl sites for hydroxylation is 2. The van der Waals surface area contributed by atoms with Crippen LogP contribution in [-0.2, 0) is 0 Å². The Bertz CT molecular complexity index is 1040. The second-order valence-corrected chi connectivity index (χ2v) is 8.45. The van der Waals surface area contributed by atoms with E-state index in [1.807, 2.05) is 36.5 Å². The number of pyridine rings is 1. The highest BCUT2D eigenvalue weighted by atomic mass is 16.1. The minimum atomic E-state index is -0.127. The van der Waals surface area contributed by atoms with Crippen molar-refractivity contribution in [1.82, 2.24) is 4.98 Å². The van der Waals surface area contributed by atoms with Gasteiger partial charge in [0, 0.05) is 30.4 Å². The number of nitrogens with one attached hydrogen (secondary N) is 1. The van der Waals surface area contributed by atoms with Crippen molar-refractivity contribution in [3.63, 3.8) is 0 Å². The van der Waals surface area contributed by atoms with Crippen molar-refractivity contribution < 1.29 is 4.79 Å². The third-order valence-corrected chi connectivity index (χ3v) is 6.00. The quantitative estimate of drug-likeness (QED) is 0.629. The lowest BCUT2D eigenvalue weighted by molar-refractivity contribution is 0.102. The number of carbonyl (C=O) groups excluding carboxylic acids is 1. The fourth-order valence-corrected chi connectivity index (χ4v) is 4.40. The zero-order chi connectivity index (χ0) is 21.8. The standard InChI is InChI=1S/C26H30N4O/c1-18-12-19(2)14-22(13-18)23-16-28-17-24(29-26(31)21-6-4-3-5-7-21)25(23)30-10-8-20(15-27)9-11-30/h3-7,12-14,16-17,20H,8-11,15,27H2,1-2H3,(H,29,31). The summed E-state index contributed by atoms with van der Waals surface area (Å²) in [5.74, 6) is 0.433. The van der Waals surface area contributed by atoms with E-state index in [1.165, 1.54) is 11.1 Å². The molecule has 1 aliphatic rings. The van der Waals surface area contributed by atoms with Gasteiger partial charge < -0.3 is 16.0 Å². The van der Waals surface area contributed by atoms with Gasteiger partial charge in [-0.05, 0) is 56.8 Å². The summed E-state index contributed by atoms with van der Waals surface area (Å²) in [5.41, 5.74) is 12.9. The predicted molar refractivity (Wildman–Crippen MR) is 128 cm³/mol. The molecule has 5 nitrogen and oxygen atoms in total. The van der Waals surface area contributed by atoms with Gasteiger partial charge in [-0.25, -0.2) is 0 Å². The Labute approximate surface area is 184 Å². The molecule has 0 aliphatic carbocycles. The first-order valence-corrected chi connectivity index (χ1v) is 10.9. The predicted octanol–water partition coefficient (Wildman–Crippen LogP) is 4.79. The lowest BCUT2D eigenvalue weighted by Crippen LogP contribution is -2.37. The van der Waals surface area contributed by atoms with Crippen molar-refractivity contribution in [1.29, 1.82) is 0 Å². The van der Waals surface area contributed by atoms with Crippen molar-refractivity contribution in [3.8, 4) is 11.1 Å². The molecule has 0 atom stereocenters. The number of benzene rings is 2. The van der Waals surface area contributed by atoms with Crippen molar-refractivity contribution in [2.24, 2.45) is 11.7 Å². The average molecular weight is 415 g/mol. The number of hydrogen-bond acceptors (Lipinski definition) is 4. The lowest BCUT2D eigenvalue weighted by atomic mass is 9.94. The first kappa shape index (κ1) is 21.1. The molecule has 1 aliphatic heterocycles. The number of piperidine rings is 1. The van der Waals surface area contributed by atoms with Crippen LogP contribution in [0.4, 0.5) is 11.4 Å². The maximum atomic E-state index is 12.9. The van der Waals surface area contributed by atoms with Gasteiger partial charge in [-0.2, -0.15) is 0 Å². The van der Waals surface area contributed by atoms with E-state index in [1.54, 1.807) is 6.20 Å². The van der Waals surface area contributed by atoms with Crippen LogP contribution in [0, 0.1) is 19.8 Å². The zero-order valence-electron chi connectivity index (χ0n) is 18.3.